The molecule has 0 aliphatic heterocycles. The third-order valence-electron chi connectivity index (χ3n) is 2.80. The zero-order valence-corrected chi connectivity index (χ0v) is 13.1. The maximum Gasteiger partial charge on any atom is 0.401 e. The van der Waals surface area contributed by atoms with Crippen molar-refractivity contribution < 1.29 is 18.0 Å². The van der Waals surface area contributed by atoms with E-state index in [-0.39, 0.29) is 18.1 Å². The third-order valence-corrected chi connectivity index (χ3v) is 3.11. The Balaban J connectivity index is 2.30. The highest BCUT2D eigenvalue weighted by Crippen LogP contribution is 2.20. The standard InChI is InChI=1S/C14H16ClF3N4O/c1-22(9-14(16,17)18)6-2-5-20-13(23)21-11-4-3-10(8-19)12(15)7-11/h3-4,7H,2,5-6,9H2,1H3,(H2,20,21,23). The second kappa shape index (κ2) is 8.60. The van der Waals surface area contributed by atoms with Gasteiger partial charge < -0.3 is 10.6 Å². The fourth-order valence-electron chi connectivity index (χ4n) is 1.79. The molecular weight excluding hydrogens is 333 g/mol. The summed E-state index contributed by atoms with van der Waals surface area (Å²) in [5.41, 5.74) is 0.714. The minimum Gasteiger partial charge on any atom is -0.338 e. The Kier molecular flexibility index (Phi) is 7.13. The van der Waals surface area contributed by atoms with Gasteiger partial charge in [0, 0.05) is 12.2 Å². The van der Waals surface area contributed by atoms with E-state index in [1.165, 1.54) is 25.2 Å². The molecule has 23 heavy (non-hydrogen) atoms. The molecule has 1 rings (SSSR count). The molecular formula is C14H16ClF3N4O. The van der Waals surface area contributed by atoms with Gasteiger partial charge in [-0.05, 0) is 38.2 Å². The van der Waals surface area contributed by atoms with Gasteiger partial charge in [0.1, 0.15) is 6.07 Å². The summed E-state index contributed by atoms with van der Waals surface area (Å²) in [6.07, 6.45) is -3.84. The van der Waals surface area contributed by atoms with Crippen molar-refractivity contribution in [3.63, 3.8) is 0 Å². The molecule has 1 aromatic rings. The highest BCUT2D eigenvalue weighted by atomic mass is 35.5. The lowest BCUT2D eigenvalue weighted by molar-refractivity contribution is -0.143. The van der Waals surface area contributed by atoms with Crippen LogP contribution in [-0.2, 0) is 0 Å². The van der Waals surface area contributed by atoms with Crippen LogP contribution in [0.3, 0.4) is 0 Å². The van der Waals surface area contributed by atoms with Gasteiger partial charge in [0.2, 0.25) is 0 Å². The molecule has 0 aliphatic rings. The van der Waals surface area contributed by atoms with E-state index in [2.05, 4.69) is 10.6 Å². The number of rotatable bonds is 6. The van der Waals surface area contributed by atoms with Crippen molar-refractivity contribution in [1.29, 1.82) is 5.26 Å². The second-order valence-corrected chi connectivity index (χ2v) is 5.30. The average Bonchev–Trinajstić information content (AvgIpc) is 2.42. The fourth-order valence-corrected chi connectivity index (χ4v) is 2.02. The normalized spacial score (nSPS) is 11.2. The predicted octanol–water partition coefficient (Wildman–Crippen LogP) is 3.22. The first-order valence-electron chi connectivity index (χ1n) is 6.71. The van der Waals surface area contributed by atoms with Crippen molar-refractivity contribution in [3.8, 4) is 6.07 Å². The molecule has 5 nitrogen and oxygen atoms in total. The maximum atomic E-state index is 12.1. The Morgan fingerprint density at radius 3 is 2.70 bits per heavy atom. The summed E-state index contributed by atoms with van der Waals surface area (Å²) in [6.45, 7) is -0.538. The number of nitrogens with one attached hydrogen (secondary N) is 2. The minimum atomic E-state index is -4.23. The van der Waals surface area contributed by atoms with Crippen LogP contribution in [0.5, 0.6) is 0 Å². The van der Waals surface area contributed by atoms with Crippen LogP contribution in [0, 0.1) is 11.3 Å². The second-order valence-electron chi connectivity index (χ2n) is 4.89. The molecule has 9 heteroatoms. The lowest BCUT2D eigenvalue weighted by atomic mass is 10.2. The van der Waals surface area contributed by atoms with E-state index >= 15 is 0 Å². The highest BCUT2D eigenvalue weighted by molar-refractivity contribution is 6.32. The summed E-state index contributed by atoms with van der Waals surface area (Å²) < 4.78 is 36.4. The number of amides is 2. The molecule has 0 unspecified atom stereocenters. The quantitative estimate of drug-likeness (QED) is 0.776. The van der Waals surface area contributed by atoms with Crippen molar-refractivity contribution >= 4 is 23.3 Å². The predicted molar refractivity (Wildman–Crippen MR) is 81.4 cm³/mol. The Hall–Kier alpha value is -1.98. The third kappa shape index (κ3) is 7.72. The molecule has 0 fully saturated rings. The highest BCUT2D eigenvalue weighted by Gasteiger charge is 2.28. The van der Waals surface area contributed by atoms with Gasteiger partial charge in [-0.2, -0.15) is 18.4 Å². The smallest absolute Gasteiger partial charge is 0.338 e. The van der Waals surface area contributed by atoms with Crippen LogP contribution in [0.15, 0.2) is 18.2 Å². The van der Waals surface area contributed by atoms with Crippen molar-refractivity contribution in [2.75, 3.05) is 32.0 Å². The van der Waals surface area contributed by atoms with Crippen molar-refractivity contribution in [2.45, 2.75) is 12.6 Å². The molecule has 0 saturated carbocycles. The van der Waals surface area contributed by atoms with Crippen LogP contribution in [0.4, 0.5) is 23.7 Å². The van der Waals surface area contributed by atoms with E-state index < -0.39 is 18.8 Å². The molecule has 0 aliphatic carbocycles. The van der Waals surface area contributed by atoms with Crippen molar-refractivity contribution in [1.82, 2.24) is 10.2 Å². The molecule has 0 saturated heterocycles. The van der Waals surface area contributed by atoms with Crippen molar-refractivity contribution in [2.24, 2.45) is 0 Å². The topological polar surface area (TPSA) is 68.2 Å². The van der Waals surface area contributed by atoms with Crippen LogP contribution in [-0.4, -0.2) is 43.8 Å². The van der Waals surface area contributed by atoms with Crippen LogP contribution in [0.2, 0.25) is 5.02 Å². The van der Waals surface area contributed by atoms with Crippen LogP contribution in [0.25, 0.3) is 0 Å². The van der Waals surface area contributed by atoms with Gasteiger partial charge in [0.05, 0.1) is 17.1 Å². The van der Waals surface area contributed by atoms with E-state index in [9.17, 15) is 18.0 Å². The molecule has 126 valence electrons. The van der Waals surface area contributed by atoms with Gasteiger partial charge in [0.25, 0.3) is 0 Å². The largest absolute Gasteiger partial charge is 0.401 e. The first-order chi connectivity index (χ1) is 10.7. The van der Waals surface area contributed by atoms with E-state index in [1.54, 1.807) is 0 Å². The Morgan fingerprint density at radius 1 is 1.43 bits per heavy atom. The number of nitriles is 1. The Morgan fingerprint density at radius 2 is 2.13 bits per heavy atom. The summed E-state index contributed by atoms with van der Waals surface area (Å²) in [7, 11) is 1.37. The van der Waals surface area contributed by atoms with E-state index in [0.717, 1.165) is 4.90 Å². The van der Waals surface area contributed by atoms with Gasteiger partial charge in [-0.3, -0.25) is 4.90 Å². The SMILES string of the molecule is CN(CCCNC(=O)Nc1ccc(C#N)c(Cl)c1)CC(F)(F)F. The summed E-state index contributed by atoms with van der Waals surface area (Å²) in [6, 6.07) is 5.85. The Labute approximate surface area is 137 Å². The van der Waals surface area contributed by atoms with Gasteiger partial charge in [-0.25, -0.2) is 4.79 Å². The van der Waals surface area contributed by atoms with Crippen LogP contribution < -0.4 is 10.6 Å². The number of hydrogen-bond acceptors (Lipinski definition) is 3. The lowest BCUT2D eigenvalue weighted by Crippen LogP contribution is -2.34. The number of alkyl halides is 3. The van der Waals surface area contributed by atoms with Gasteiger partial charge in [0.15, 0.2) is 0 Å². The number of urea groups is 1. The number of halogens is 4. The van der Waals surface area contributed by atoms with Gasteiger partial charge in [-0.1, -0.05) is 11.6 Å². The zero-order chi connectivity index (χ0) is 17.5. The van der Waals surface area contributed by atoms with Crippen molar-refractivity contribution in [3.05, 3.63) is 28.8 Å². The molecule has 0 radical (unpaired) electrons. The molecule has 2 N–H and O–H groups in total. The number of anilines is 1. The molecule has 0 aromatic heterocycles. The number of hydrogen-bond donors (Lipinski definition) is 2. The van der Waals surface area contributed by atoms with E-state index in [1.807, 2.05) is 6.07 Å². The minimum absolute atomic E-state index is 0.211. The first kappa shape index (κ1) is 19.1. The number of carbonyl (C=O) groups is 1. The number of carbonyl (C=O) groups excluding carboxylic acids is 1. The maximum absolute atomic E-state index is 12.1. The monoisotopic (exact) mass is 348 g/mol. The first-order valence-corrected chi connectivity index (χ1v) is 7.09. The number of nitrogens with zero attached hydrogens (tertiary/aromatic N) is 2. The molecule has 1 aromatic carbocycles. The van der Waals surface area contributed by atoms with E-state index in [0.29, 0.717) is 17.7 Å². The molecule has 0 atom stereocenters. The zero-order valence-electron chi connectivity index (χ0n) is 12.4. The summed E-state index contributed by atoms with van der Waals surface area (Å²) >= 11 is 5.84. The molecule has 0 bridgehead atoms. The van der Waals surface area contributed by atoms with E-state index in [4.69, 9.17) is 16.9 Å². The van der Waals surface area contributed by atoms with Crippen LogP contribution in [0.1, 0.15) is 12.0 Å². The van der Waals surface area contributed by atoms with Crippen LogP contribution >= 0.6 is 11.6 Å². The molecule has 0 heterocycles. The summed E-state index contributed by atoms with van der Waals surface area (Å²) in [5.74, 6) is 0. The Bertz CT molecular complexity index is 586. The van der Waals surface area contributed by atoms with Gasteiger partial charge >= 0.3 is 12.2 Å². The number of benzene rings is 1. The summed E-state index contributed by atoms with van der Waals surface area (Å²) in [4.78, 5) is 12.8. The lowest BCUT2D eigenvalue weighted by Gasteiger charge is -2.18. The molecule has 2 amide bonds. The summed E-state index contributed by atoms with van der Waals surface area (Å²) in [5, 5.41) is 14.0. The van der Waals surface area contributed by atoms with Gasteiger partial charge in [-0.15, -0.1) is 0 Å². The fraction of sp³-hybridized carbons (Fsp3) is 0.429. The average molecular weight is 349 g/mol. The molecule has 0 spiro atoms.